The van der Waals surface area contributed by atoms with E-state index in [1.165, 1.54) is 29.5 Å². The van der Waals surface area contributed by atoms with Gasteiger partial charge in [0.2, 0.25) is 0 Å². The first kappa shape index (κ1) is 30.6. The summed E-state index contributed by atoms with van der Waals surface area (Å²) in [5.74, 6) is -0.902. The molecule has 198 valence electrons. The van der Waals surface area contributed by atoms with Gasteiger partial charge in [-0.3, -0.25) is 4.79 Å². The minimum atomic E-state index is -0.902. The number of hydrogen-bond acceptors (Lipinski definition) is 4. The molecule has 0 fully saturated rings. The number of rotatable bonds is 14. The molecule has 0 radical (unpaired) electrons. The number of unbranched alkanes of at least 4 members (excludes halogenated alkanes) is 4. The first-order valence-corrected chi connectivity index (χ1v) is 12.4. The molecule has 0 unspecified atom stereocenters. The maximum absolute atomic E-state index is 12.1. The Labute approximate surface area is 214 Å². The molecule has 0 aromatic heterocycles. The average molecular weight is 500 g/mol. The minimum Gasteiger partial charge on any atom is -0.554 e. The standard InChI is InChI=1S/C27H39N3O3.CH2O2/c1-30(2,3)21-25(20-26(31)32)29-27(33)28-19-11-6-4-5-8-12-22-15-17-24(18-16-22)23-13-9-7-10-14-23;2-1-3/h7,9-10,13-18,25H,4-6,8,11-12,19-21H2,1-3H3,(H2-,28,29,31,32,33);1H,(H,2,3)/t25-;/m1./s1. The monoisotopic (exact) mass is 499 g/mol. The number of nitrogens with zero attached hydrogens (tertiary/aromatic N) is 1. The molecule has 2 aromatic rings. The lowest BCUT2D eigenvalue weighted by Gasteiger charge is -2.29. The summed E-state index contributed by atoms with van der Waals surface area (Å²) in [6, 6.07) is 18.6. The van der Waals surface area contributed by atoms with Gasteiger partial charge >= 0.3 is 12.0 Å². The molecule has 0 aliphatic carbocycles. The number of carboxylic acid groups (broad SMARTS) is 2. The van der Waals surface area contributed by atoms with Crippen molar-refractivity contribution in [2.75, 3.05) is 34.2 Å². The molecule has 0 saturated carbocycles. The van der Waals surface area contributed by atoms with Crippen molar-refractivity contribution in [1.29, 1.82) is 0 Å². The molecule has 0 aliphatic heterocycles. The first-order chi connectivity index (χ1) is 17.1. The highest BCUT2D eigenvalue weighted by molar-refractivity contribution is 5.75. The van der Waals surface area contributed by atoms with Gasteiger partial charge in [-0.2, -0.15) is 0 Å². The predicted molar refractivity (Wildman–Crippen MR) is 140 cm³/mol. The van der Waals surface area contributed by atoms with Crippen LogP contribution in [0.3, 0.4) is 0 Å². The molecule has 0 aliphatic rings. The highest BCUT2D eigenvalue weighted by Gasteiger charge is 2.22. The molecule has 0 spiro atoms. The van der Waals surface area contributed by atoms with Crippen LogP contribution < -0.4 is 15.7 Å². The van der Waals surface area contributed by atoms with Crippen LogP contribution in [0.5, 0.6) is 0 Å². The third-order valence-electron chi connectivity index (χ3n) is 5.51. The van der Waals surface area contributed by atoms with Crippen LogP contribution in [-0.4, -0.2) is 68.3 Å². The van der Waals surface area contributed by atoms with Crippen molar-refractivity contribution in [3.63, 3.8) is 0 Å². The molecule has 36 heavy (non-hydrogen) atoms. The topological polar surface area (TPSA) is 119 Å². The second-order valence-electron chi connectivity index (χ2n) is 9.84. The number of aliphatic carboxylic acids is 1. The van der Waals surface area contributed by atoms with Gasteiger partial charge in [0.05, 0.1) is 40.2 Å². The number of hydrogen-bond donors (Lipinski definition) is 3. The van der Waals surface area contributed by atoms with Crippen molar-refractivity contribution in [3.8, 4) is 11.1 Å². The Kier molecular flexibility index (Phi) is 14.6. The molecule has 8 nitrogen and oxygen atoms in total. The number of likely N-dealkylation sites (N-methyl/N-ethyl adjacent to an activating group) is 1. The molecular weight excluding hydrogens is 458 g/mol. The van der Waals surface area contributed by atoms with Crippen molar-refractivity contribution in [2.45, 2.75) is 51.0 Å². The maximum Gasteiger partial charge on any atom is 0.315 e. The summed E-state index contributed by atoms with van der Waals surface area (Å²) in [6.45, 7) is 0.672. The van der Waals surface area contributed by atoms with Gasteiger partial charge in [0.25, 0.3) is 0 Å². The van der Waals surface area contributed by atoms with Crippen molar-refractivity contribution in [3.05, 3.63) is 60.2 Å². The van der Waals surface area contributed by atoms with E-state index in [4.69, 9.17) is 15.0 Å². The summed E-state index contributed by atoms with van der Waals surface area (Å²) in [7, 11) is 5.94. The van der Waals surface area contributed by atoms with Crippen LogP contribution >= 0.6 is 0 Å². The molecule has 2 rings (SSSR count). The van der Waals surface area contributed by atoms with Gasteiger partial charge in [0.15, 0.2) is 0 Å². The summed E-state index contributed by atoms with van der Waals surface area (Å²) in [4.78, 5) is 31.4. The van der Waals surface area contributed by atoms with E-state index in [0.29, 0.717) is 17.6 Å². The van der Waals surface area contributed by atoms with Gasteiger partial charge < -0.3 is 30.1 Å². The zero-order valence-corrected chi connectivity index (χ0v) is 21.7. The van der Waals surface area contributed by atoms with Crippen LogP contribution in [0, 0.1) is 0 Å². The third kappa shape index (κ3) is 14.8. The molecule has 8 heteroatoms. The molecular formula is C28H41N3O5. The highest BCUT2D eigenvalue weighted by Crippen LogP contribution is 2.20. The quantitative estimate of drug-likeness (QED) is 0.210. The van der Waals surface area contributed by atoms with E-state index in [9.17, 15) is 9.59 Å². The number of nitrogens with one attached hydrogen (secondary N) is 2. The van der Waals surface area contributed by atoms with E-state index in [1.54, 1.807) is 0 Å². The van der Waals surface area contributed by atoms with E-state index in [-0.39, 0.29) is 18.5 Å². The number of urea groups is 1. The van der Waals surface area contributed by atoms with Gasteiger partial charge in [-0.25, -0.2) is 4.79 Å². The van der Waals surface area contributed by atoms with Crippen LogP contribution in [-0.2, 0) is 16.0 Å². The van der Waals surface area contributed by atoms with Crippen molar-refractivity contribution < 1.29 is 29.1 Å². The van der Waals surface area contributed by atoms with Gasteiger partial charge in [0.1, 0.15) is 0 Å². The lowest BCUT2D eigenvalue weighted by Crippen LogP contribution is -2.52. The van der Waals surface area contributed by atoms with Crippen LogP contribution in [0.15, 0.2) is 54.6 Å². The van der Waals surface area contributed by atoms with E-state index in [0.717, 1.165) is 25.7 Å². The Morgan fingerprint density at radius 2 is 1.47 bits per heavy atom. The molecule has 0 heterocycles. The van der Waals surface area contributed by atoms with E-state index < -0.39 is 12.4 Å². The number of benzene rings is 2. The smallest absolute Gasteiger partial charge is 0.315 e. The van der Waals surface area contributed by atoms with Gasteiger partial charge in [-0.1, -0.05) is 73.9 Å². The molecule has 3 N–H and O–H groups in total. The summed E-state index contributed by atoms with van der Waals surface area (Å²) in [6.07, 6.45) is 6.51. The van der Waals surface area contributed by atoms with E-state index in [2.05, 4.69) is 59.2 Å². The van der Waals surface area contributed by atoms with Gasteiger partial charge in [-0.05, 0) is 36.0 Å². The number of carboxylic acids is 1. The fourth-order valence-electron chi connectivity index (χ4n) is 3.95. The Bertz CT molecular complexity index is 896. The lowest BCUT2D eigenvalue weighted by atomic mass is 10.0. The zero-order chi connectivity index (χ0) is 26.8. The second kappa shape index (κ2) is 17.1. The van der Waals surface area contributed by atoms with Crippen molar-refractivity contribution in [1.82, 2.24) is 10.6 Å². The number of quaternary nitrogens is 1. The molecule has 2 amide bonds. The fraction of sp³-hybridized carbons (Fsp3) is 0.464. The van der Waals surface area contributed by atoms with Crippen molar-refractivity contribution >= 4 is 18.5 Å². The lowest BCUT2D eigenvalue weighted by molar-refractivity contribution is -0.871. The minimum absolute atomic E-state index is 0.0715. The number of carbonyl (C=O) groups is 3. The normalized spacial score (nSPS) is 11.5. The molecule has 0 saturated heterocycles. The van der Waals surface area contributed by atoms with Crippen LogP contribution in [0.1, 0.15) is 44.1 Å². The zero-order valence-electron chi connectivity index (χ0n) is 21.7. The summed E-state index contributed by atoms with van der Waals surface area (Å²) in [5.41, 5.74) is 3.87. The number of carbonyl (C=O) groups excluding carboxylic acids is 2. The maximum atomic E-state index is 12.1. The Balaban J connectivity index is 0.00000205. The Morgan fingerprint density at radius 3 is 2.06 bits per heavy atom. The number of amides is 2. The third-order valence-corrected chi connectivity index (χ3v) is 5.51. The summed E-state index contributed by atoms with van der Waals surface area (Å²) < 4.78 is 0.593. The van der Waals surface area contributed by atoms with Crippen molar-refractivity contribution in [2.24, 2.45) is 0 Å². The SMILES string of the molecule is C[N+](C)(C)C[C@@H](CC(=O)O)NC(=O)NCCCCCCCc1ccc(-c2ccccc2)cc1.O=C[O-]. The van der Waals surface area contributed by atoms with Crippen LogP contribution in [0.2, 0.25) is 0 Å². The average Bonchev–Trinajstić information content (AvgIpc) is 2.81. The van der Waals surface area contributed by atoms with Crippen LogP contribution in [0.4, 0.5) is 4.79 Å². The Hall–Kier alpha value is -3.39. The van der Waals surface area contributed by atoms with Crippen LogP contribution in [0.25, 0.3) is 11.1 Å². The van der Waals surface area contributed by atoms with E-state index in [1.807, 2.05) is 27.2 Å². The Morgan fingerprint density at radius 1 is 0.917 bits per heavy atom. The first-order valence-electron chi connectivity index (χ1n) is 12.4. The van der Waals surface area contributed by atoms with Gasteiger partial charge in [-0.15, -0.1) is 0 Å². The fourth-order valence-corrected chi connectivity index (χ4v) is 3.95. The van der Waals surface area contributed by atoms with E-state index >= 15 is 0 Å². The summed E-state index contributed by atoms with van der Waals surface area (Å²) >= 11 is 0. The molecule has 0 bridgehead atoms. The van der Waals surface area contributed by atoms with Gasteiger partial charge in [0, 0.05) is 13.0 Å². The largest absolute Gasteiger partial charge is 0.554 e. The second-order valence-corrected chi connectivity index (χ2v) is 9.84. The summed E-state index contributed by atoms with van der Waals surface area (Å²) in [5, 5.41) is 23.0. The predicted octanol–water partition coefficient (Wildman–Crippen LogP) is 3.06. The number of aryl methyl sites for hydroxylation is 1. The molecule has 2 aromatic carbocycles. The molecule has 1 atom stereocenters. The highest BCUT2D eigenvalue weighted by atomic mass is 16.4.